The number of hydrogen-bond donors (Lipinski definition) is 0. The first-order valence-corrected chi connectivity index (χ1v) is 11.0. The van der Waals surface area contributed by atoms with Gasteiger partial charge in [0, 0.05) is 43.8 Å². The van der Waals surface area contributed by atoms with Crippen LogP contribution >= 0.6 is 0 Å². The largest absolute Gasteiger partial charge is 0.361 e. The molecule has 0 unspecified atom stereocenters. The first-order valence-electron chi connectivity index (χ1n) is 11.0. The molecule has 8 heteroatoms. The van der Waals surface area contributed by atoms with E-state index in [1.807, 2.05) is 45.6 Å². The fraction of sp³-hybridized carbons (Fsp3) is 0.542. The van der Waals surface area contributed by atoms with Gasteiger partial charge in [-0.05, 0) is 52.3 Å². The van der Waals surface area contributed by atoms with Crippen molar-refractivity contribution in [2.75, 3.05) is 32.7 Å². The number of rotatable bonds is 6. The second-order valence-corrected chi connectivity index (χ2v) is 9.42. The van der Waals surface area contributed by atoms with Gasteiger partial charge >= 0.3 is 0 Å². The molecule has 0 saturated carbocycles. The lowest BCUT2D eigenvalue weighted by Crippen LogP contribution is -2.54. The third kappa shape index (κ3) is 5.94. The molecule has 1 saturated heterocycles. The Morgan fingerprint density at radius 2 is 1.84 bits per heavy atom. The highest BCUT2D eigenvalue weighted by molar-refractivity contribution is 5.80. The van der Waals surface area contributed by atoms with Gasteiger partial charge in [0.05, 0.1) is 18.7 Å². The molecule has 2 aromatic rings. The van der Waals surface area contributed by atoms with Gasteiger partial charge in [0.25, 0.3) is 0 Å². The lowest BCUT2D eigenvalue weighted by atomic mass is 10.0. The monoisotopic (exact) mass is 444 g/mol. The Labute approximate surface area is 189 Å². The van der Waals surface area contributed by atoms with Crippen LogP contribution in [0.4, 0.5) is 4.39 Å². The standard InChI is InChI=1S/C24H33FN4O3/c1-17-21(18(2)32-26-17)14-22(30)28-11-9-27(10-12-28)16-23(31)29(24(3,4)5)15-19-7-6-8-20(25)13-19/h6-8,13H,9-12,14-16H2,1-5H3. The number of piperazine rings is 1. The second kappa shape index (κ2) is 9.81. The second-order valence-electron chi connectivity index (χ2n) is 9.42. The topological polar surface area (TPSA) is 69.9 Å². The summed E-state index contributed by atoms with van der Waals surface area (Å²) in [6, 6.07) is 6.36. The van der Waals surface area contributed by atoms with Crippen LogP contribution in [0.15, 0.2) is 28.8 Å². The Balaban J connectivity index is 1.55. The van der Waals surface area contributed by atoms with Crippen LogP contribution in [0.1, 0.15) is 43.4 Å². The fourth-order valence-electron chi connectivity index (χ4n) is 3.97. The summed E-state index contributed by atoms with van der Waals surface area (Å²) in [6.45, 7) is 12.7. The number of benzene rings is 1. The predicted molar refractivity (Wildman–Crippen MR) is 119 cm³/mol. The molecular formula is C24H33FN4O3. The molecule has 0 aliphatic carbocycles. The van der Waals surface area contributed by atoms with Crippen molar-refractivity contribution in [3.8, 4) is 0 Å². The van der Waals surface area contributed by atoms with Crippen LogP contribution in [0.2, 0.25) is 0 Å². The van der Waals surface area contributed by atoms with Gasteiger partial charge in [-0.3, -0.25) is 14.5 Å². The third-order valence-electron chi connectivity index (χ3n) is 5.93. The molecule has 0 radical (unpaired) electrons. The molecule has 7 nitrogen and oxygen atoms in total. The van der Waals surface area contributed by atoms with Crippen LogP contribution in [0.5, 0.6) is 0 Å². The number of aryl methyl sites for hydroxylation is 2. The van der Waals surface area contributed by atoms with Crippen molar-refractivity contribution in [3.05, 3.63) is 52.7 Å². The maximum absolute atomic E-state index is 13.6. The average Bonchev–Trinajstić information content (AvgIpc) is 3.03. The molecule has 0 N–H and O–H groups in total. The molecule has 1 aliphatic heterocycles. The van der Waals surface area contributed by atoms with Crippen LogP contribution in [0, 0.1) is 19.7 Å². The van der Waals surface area contributed by atoms with Gasteiger partial charge < -0.3 is 14.3 Å². The van der Waals surface area contributed by atoms with Crippen molar-refractivity contribution in [1.29, 1.82) is 0 Å². The molecule has 0 bridgehead atoms. The van der Waals surface area contributed by atoms with Crippen molar-refractivity contribution >= 4 is 11.8 Å². The fourth-order valence-corrected chi connectivity index (χ4v) is 3.97. The van der Waals surface area contributed by atoms with E-state index < -0.39 is 5.54 Å². The summed E-state index contributed by atoms with van der Waals surface area (Å²) in [5, 5.41) is 3.91. The van der Waals surface area contributed by atoms with Crippen molar-refractivity contribution < 1.29 is 18.5 Å². The minimum Gasteiger partial charge on any atom is -0.361 e. The number of amides is 2. The predicted octanol–water partition coefficient (Wildman–Crippen LogP) is 2.94. The van der Waals surface area contributed by atoms with Gasteiger partial charge in [0.15, 0.2) is 0 Å². The van der Waals surface area contributed by atoms with E-state index in [1.54, 1.807) is 11.0 Å². The van der Waals surface area contributed by atoms with Gasteiger partial charge in [0.2, 0.25) is 11.8 Å². The number of nitrogens with zero attached hydrogens (tertiary/aromatic N) is 4. The summed E-state index contributed by atoms with van der Waals surface area (Å²) < 4.78 is 18.8. The van der Waals surface area contributed by atoms with Gasteiger partial charge in [0.1, 0.15) is 11.6 Å². The van der Waals surface area contributed by atoms with Crippen molar-refractivity contribution in [3.63, 3.8) is 0 Å². The van der Waals surface area contributed by atoms with Crippen LogP contribution < -0.4 is 0 Å². The van der Waals surface area contributed by atoms with Gasteiger partial charge in [-0.2, -0.15) is 0 Å². The highest BCUT2D eigenvalue weighted by Gasteiger charge is 2.30. The summed E-state index contributed by atoms with van der Waals surface area (Å²) in [5.41, 5.74) is 1.98. The lowest BCUT2D eigenvalue weighted by Gasteiger charge is -2.39. The van der Waals surface area contributed by atoms with Crippen LogP contribution in [-0.4, -0.2) is 69.9 Å². The van der Waals surface area contributed by atoms with Crippen LogP contribution in [-0.2, 0) is 22.6 Å². The number of carbonyl (C=O) groups is 2. The van der Waals surface area contributed by atoms with Crippen LogP contribution in [0.25, 0.3) is 0 Å². The summed E-state index contributed by atoms with van der Waals surface area (Å²) >= 11 is 0. The minimum atomic E-state index is -0.393. The SMILES string of the molecule is Cc1noc(C)c1CC(=O)N1CCN(CC(=O)N(Cc2cccc(F)c2)C(C)(C)C)CC1. The van der Waals surface area contributed by atoms with E-state index in [0.29, 0.717) is 38.5 Å². The zero-order valence-electron chi connectivity index (χ0n) is 19.7. The summed E-state index contributed by atoms with van der Waals surface area (Å²) in [5.74, 6) is 0.423. The Kier molecular flexibility index (Phi) is 7.33. The molecule has 3 rings (SSSR count). The summed E-state index contributed by atoms with van der Waals surface area (Å²) in [7, 11) is 0. The molecule has 2 amide bonds. The smallest absolute Gasteiger partial charge is 0.237 e. The van der Waals surface area contributed by atoms with Gasteiger partial charge in [-0.1, -0.05) is 17.3 Å². The van der Waals surface area contributed by atoms with E-state index in [1.165, 1.54) is 12.1 Å². The first-order chi connectivity index (χ1) is 15.0. The molecule has 32 heavy (non-hydrogen) atoms. The van der Waals surface area contributed by atoms with E-state index in [4.69, 9.17) is 4.52 Å². The highest BCUT2D eigenvalue weighted by atomic mass is 19.1. The lowest BCUT2D eigenvalue weighted by molar-refractivity contribution is -0.139. The quantitative estimate of drug-likeness (QED) is 0.685. The summed E-state index contributed by atoms with van der Waals surface area (Å²) in [4.78, 5) is 31.5. The Morgan fingerprint density at radius 3 is 2.41 bits per heavy atom. The molecule has 174 valence electrons. The van der Waals surface area contributed by atoms with E-state index in [-0.39, 0.29) is 30.6 Å². The number of hydrogen-bond acceptors (Lipinski definition) is 5. The first kappa shape index (κ1) is 23.9. The van der Waals surface area contributed by atoms with Gasteiger partial charge in [-0.25, -0.2) is 4.39 Å². The molecule has 1 fully saturated rings. The van der Waals surface area contributed by atoms with E-state index >= 15 is 0 Å². The number of aromatic nitrogens is 1. The number of carbonyl (C=O) groups excluding carboxylic acids is 2. The summed E-state index contributed by atoms with van der Waals surface area (Å²) in [6.07, 6.45) is 0.283. The normalized spacial score (nSPS) is 15.1. The van der Waals surface area contributed by atoms with E-state index in [2.05, 4.69) is 10.1 Å². The molecular weight excluding hydrogens is 411 g/mol. The molecule has 0 atom stereocenters. The van der Waals surface area contributed by atoms with E-state index in [0.717, 1.165) is 16.8 Å². The zero-order valence-corrected chi connectivity index (χ0v) is 19.7. The van der Waals surface area contributed by atoms with E-state index in [9.17, 15) is 14.0 Å². The molecule has 0 spiro atoms. The van der Waals surface area contributed by atoms with Crippen molar-refractivity contribution in [2.45, 2.75) is 53.1 Å². The van der Waals surface area contributed by atoms with Crippen LogP contribution in [0.3, 0.4) is 0 Å². The maximum Gasteiger partial charge on any atom is 0.237 e. The number of halogens is 1. The highest BCUT2D eigenvalue weighted by Crippen LogP contribution is 2.19. The Hall–Kier alpha value is -2.74. The molecule has 1 aromatic carbocycles. The minimum absolute atomic E-state index is 0.00254. The molecule has 1 aliphatic rings. The van der Waals surface area contributed by atoms with Crippen molar-refractivity contribution in [1.82, 2.24) is 19.9 Å². The average molecular weight is 445 g/mol. The molecule has 1 aromatic heterocycles. The van der Waals surface area contributed by atoms with Crippen molar-refractivity contribution in [2.24, 2.45) is 0 Å². The molecule has 2 heterocycles. The third-order valence-corrected chi connectivity index (χ3v) is 5.93. The zero-order chi connectivity index (χ0) is 23.5. The van der Waals surface area contributed by atoms with Gasteiger partial charge in [-0.15, -0.1) is 0 Å². The Morgan fingerprint density at radius 1 is 1.16 bits per heavy atom. The Bertz CT molecular complexity index is 939. The maximum atomic E-state index is 13.6.